The number of aromatic nitrogens is 1. The molecule has 0 saturated carbocycles. The largest absolute Gasteiger partial charge is 0.342 e. The van der Waals surface area contributed by atoms with E-state index in [2.05, 4.69) is 20.5 Å². The molecule has 1 aliphatic heterocycles. The number of para-hydroxylation sites is 1. The van der Waals surface area contributed by atoms with Gasteiger partial charge in [0.05, 0.1) is 23.4 Å². The Kier molecular flexibility index (Phi) is 11.2. The van der Waals surface area contributed by atoms with Gasteiger partial charge in [-0.2, -0.15) is 0 Å². The van der Waals surface area contributed by atoms with Crippen molar-refractivity contribution in [2.45, 2.75) is 44.2 Å². The molecule has 0 radical (unpaired) electrons. The summed E-state index contributed by atoms with van der Waals surface area (Å²) in [7, 11) is 0. The number of nitrogens with two attached hydrogens (primary N) is 3. The maximum Gasteiger partial charge on any atom is 0.248 e. The van der Waals surface area contributed by atoms with Crippen LogP contribution in [0.1, 0.15) is 32.1 Å². The van der Waals surface area contributed by atoms with Gasteiger partial charge in [-0.3, -0.25) is 19.4 Å². The van der Waals surface area contributed by atoms with Crippen molar-refractivity contribution in [1.82, 2.24) is 20.1 Å². The molecule has 0 bridgehead atoms. The zero-order chi connectivity index (χ0) is 26.6. The fourth-order valence-electron chi connectivity index (χ4n) is 4.48. The Hall–Kier alpha value is -3.12. The lowest BCUT2D eigenvalue weighted by Gasteiger charge is -2.30. The Labute approximate surface area is 218 Å². The maximum atomic E-state index is 13.3. The second-order valence-electron chi connectivity index (χ2n) is 9.43. The highest BCUT2D eigenvalue weighted by atomic mass is 16.2. The minimum atomic E-state index is -0.930. The van der Waals surface area contributed by atoms with Gasteiger partial charge in [-0.15, -0.1) is 0 Å². The van der Waals surface area contributed by atoms with E-state index in [1.807, 2.05) is 30.3 Å². The lowest BCUT2D eigenvalue weighted by molar-refractivity contribution is -0.132. The van der Waals surface area contributed by atoms with Gasteiger partial charge in [0.2, 0.25) is 17.7 Å². The van der Waals surface area contributed by atoms with Crippen LogP contribution in [-0.4, -0.2) is 90.4 Å². The van der Waals surface area contributed by atoms with Crippen molar-refractivity contribution >= 4 is 34.3 Å². The Morgan fingerprint density at radius 1 is 1.03 bits per heavy atom. The number of fused-ring (bicyclic) bond motifs is 1. The molecule has 3 rings (SSSR count). The van der Waals surface area contributed by atoms with E-state index in [0.29, 0.717) is 38.4 Å². The average molecular weight is 513 g/mol. The molecule has 1 aromatic heterocycles. The molecule has 8 N–H and O–H groups in total. The van der Waals surface area contributed by atoms with Crippen LogP contribution in [0.2, 0.25) is 0 Å². The molecular weight excluding hydrogens is 472 g/mol. The van der Waals surface area contributed by atoms with Crippen molar-refractivity contribution in [3.8, 4) is 0 Å². The topological polar surface area (TPSA) is 173 Å². The third-order valence-corrected chi connectivity index (χ3v) is 6.54. The molecule has 2 heterocycles. The van der Waals surface area contributed by atoms with Crippen LogP contribution in [0.15, 0.2) is 36.5 Å². The highest BCUT2D eigenvalue weighted by molar-refractivity contribution is 5.99. The van der Waals surface area contributed by atoms with Gasteiger partial charge >= 0.3 is 0 Å². The van der Waals surface area contributed by atoms with Gasteiger partial charge in [0.25, 0.3) is 0 Å². The van der Waals surface area contributed by atoms with Crippen molar-refractivity contribution in [3.63, 3.8) is 0 Å². The number of amides is 3. The Morgan fingerprint density at radius 3 is 2.43 bits per heavy atom. The fraction of sp³-hybridized carbons (Fsp3) is 0.538. The summed E-state index contributed by atoms with van der Waals surface area (Å²) in [4.78, 5) is 46.9. The lowest BCUT2D eigenvalue weighted by Crippen LogP contribution is -2.55. The molecule has 1 aliphatic rings. The molecule has 2 aromatic rings. The van der Waals surface area contributed by atoms with Gasteiger partial charge in [-0.05, 0) is 44.5 Å². The highest BCUT2D eigenvalue weighted by Crippen LogP contribution is 2.17. The monoisotopic (exact) mass is 512 g/mol. The van der Waals surface area contributed by atoms with E-state index < -0.39 is 18.0 Å². The molecule has 11 heteroatoms. The van der Waals surface area contributed by atoms with Gasteiger partial charge in [0.1, 0.15) is 6.04 Å². The number of hydrogen-bond acceptors (Lipinski definition) is 8. The third-order valence-electron chi connectivity index (χ3n) is 6.54. The van der Waals surface area contributed by atoms with Crippen LogP contribution in [0.5, 0.6) is 0 Å². The van der Waals surface area contributed by atoms with E-state index in [1.54, 1.807) is 11.1 Å². The summed E-state index contributed by atoms with van der Waals surface area (Å²) >= 11 is 0. The van der Waals surface area contributed by atoms with Crippen molar-refractivity contribution in [3.05, 3.63) is 36.5 Å². The number of anilines is 1. The van der Waals surface area contributed by atoms with Crippen LogP contribution in [0.4, 0.5) is 5.69 Å². The van der Waals surface area contributed by atoms with Crippen molar-refractivity contribution in [1.29, 1.82) is 0 Å². The van der Waals surface area contributed by atoms with Gasteiger partial charge < -0.3 is 37.6 Å². The number of benzene rings is 1. The number of rotatable bonds is 13. The number of pyridine rings is 1. The van der Waals surface area contributed by atoms with Gasteiger partial charge in [0.15, 0.2) is 0 Å². The van der Waals surface area contributed by atoms with E-state index >= 15 is 0 Å². The second kappa shape index (κ2) is 14.6. The Bertz CT molecular complexity index is 1040. The summed E-state index contributed by atoms with van der Waals surface area (Å²) in [5.74, 6) is -0.951. The predicted octanol–water partition coefficient (Wildman–Crippen LogP) is -0.00250. The molecule has 1 aromatic carbocycles. The maximum absolute atomic E-state index is 13.3. The minimum absolute atomic E-state index is 0.0976. The zero-order valence-corrected chi connectivity index (χ0v) is 21.4. The molecular formula is C26H40N8O3. The number of piperidine rings is 1. The molecule has 11 nitrogen and oxygen atoms in total. The molecule has 2 unspecified atom stereocenters. The number of nitrogens with one attached hydrogen (secondary N) is 2. The molecule has 1 saturated heterocycles. The molecule has 0 spiro atoms. The van der Waals surface area contributed by atoms with Crippen molar-refractivity contribution in [2.75, 3.05) is 51.1 Å². The molecule has 37 heavy (non-hydrogen) atoms. The van der Waals surface area contributed by atoms with Crippen LogP contribution in [0.25, 0.3) is 10.9 Å². The first-order chi connectivity index (χ1) is 17.9. The Morgan fingerprint density at radius 2 is 1.73 bits per heavy atom. The standard InChI is InChI=1S/C26H40N8O3/c27-10-14-34(15-11-28)24(35)9-8-21(29)25(36)32-23(18-33-12-4-1-5-13-33)26(37)31-20-16-19-6-2-3-7-22(19)30-17-20/h2-3,6-7,16-17,21,23H,1,4-5,8-15,18,27-29H2,(H,31,37)(H,32,36). The Balaban J connectivity index is 1.63. The van der Waals surface area contributed by atoms with E-state index in [1.165, 1.54) is 0 Å². The van der Waals surface area contributed by atoms with Crippen LogP contribution in [0.3, 0.4) is 0 Å². The van der Waals surface area contributed by atoms with Crippen LogP contribution < -0.4 is 27.8 Å². The van der Waals surface area contributed by atoms with Gasteiger partial charge in [-0.1, -0.05) is 24.6 Å². The van der Waals surface area contributed by atoms with E-state index in [9.17, 15) is 14.4 Å². The fourth-order valence-corrected chi connectivity index (χ4v) is 4.48. The first kappa shape index (κ1) is 28.5. The summed E-state index contributed by atoms with van der Waals surface area (Å²) in [5.41, 5.74) is 18.7. The van der Waals surface area contributed by atoms with E-state index in [-0.39, 0.29) is 24.7 Å². The molecule has 3 amide bonds. The van der Waals surface area contributed by atoms with E-state index in [4.69, 9.17) is 17.2 Å². The number of hydrogen-bond donors (Lipinski definition) is 5. The number of carbonyl (C=O) groups is 3. The van der Waals surface area contributed by atoms with E-state index in [0.717, 1.165) is 43.3 Å². The van der Waals surface area contributed by atoms with Crippen molar-refractivity contribution < 1.29 is 14.4 Å². The molecule has 1 fully saturated rings. The summed E-state index contributed by atoms with van der Waals surface area (Å²) in [5, 5.41) is 6.62. The second-order valence-corrected chi connectivity index (χ2v) is 9.43. The van der Waals surface area contributed by atoms with Crippen molar-refractivity contribution in [2.24, 2.45) is 17.2 Å². The molecule has 202 valence electrons. The SMILES string of the molecule is NCCN(CCN)C(=O)CCC(N)C(=O)NC(CN1CCCCC1)C(=O)Nc1cnc2ccccc2c1. The summed E-state index contributed by atoms with van der Waals surface area (Å²) < 4.78 is 0. The van der Waals surface area contributed by atoms with Gasteiger partial charge in [-0.25, -0.2) is 0 Å². The van der Waals surface area contributed by atoms with Crippen LogP contribution in [0, 0.1) is 0 Å². The quantitative estimate of drug-likeness (QED) is 0.249. The minimum Gasteiger partial charge on any atom is -0.342 e. The predicted molar refractivity (Wildman–Crippen MR) is 144 cm³/mol. The average Bonchev–Trinajstić information content (AvgIpc) is 2.91. The van der Waals surface area contributed by atoms with Crippen LogP contribution >= 0.6 is 0 Å². The van der Waals surface area contributed by atoms with Gasteiger partial charge in [0, 0.05) is 44.5 Å². The first-order valence-electron chi connectivity index (χ1n) is 13.0. The highest BCUT2D eigenvalue weighted by Gasteiger charge is 2.27. The number of likely N-dealkylation sites (tertiary alicyclic amines) is 1. The zero-order valence-electron chi connectivity index (χ0n) is 21.4. The van der Waals surface area contributed by atoms with Crippen LogP contribution in [-0.2, 0) is 14.4 Å². The first-order valence-corrected chi connectivity index (χ1v) is 13.0. The number of nitrogens with zero attached hydrogens (tertiary/aromatic N) is 3. The normalized spacial score (nSPS) is 15.6. The molecule has 2 atom stereocenters. The summed E-state index contributed by atoms with van der Waals surface area (Å²) in [6, 6.07) is 7.76. The summed E-state index contributed by atoms with van der Waals surface area (Å²) in [6.07, 6.45) is 5.13. The summed E-state index contributed by atoms with van der Waals surface area (Å²) in [6.45, 7) is 3.59. The number of carbonyl (C=O) groups excluding carboxylic acids is 3. The third kappa shape index (κ3) is 8.74. The smallest absolute Gasteiger partial charge is 0.248 e. The lowest BCUT2D eigenvalue weighted by atomic mass is 10.1. The molecule has 0 aliphatic carbocycles.